The van der Waals surface area contributed by atoms with E-state index >= 15 is 0 Å². The van der Waals surface area contributed by atoms with Crippen LogP contribution in [-0.4, -0.2) is 34.9 Å². The van der Waals surface area contributed by atoms with Gasteiger partial charge in [-0.1, -0.05) is 6.07 Å². The van der Waals surface area contributed by atoms with Crippen LogP contribution in [0.2, 0.25) is 0 Å². The van der Waals surface area contributed by atoms with E-state index in [4.69, 9.17) is 5.73 Å². The molecule has 1 fully saturated rings. The van der Waals surface area contributed by atoms with E-state index in [9.17, 15) is 9.59 Å². The SMILES string of the molecule is CN(C(=O)c1cccc(=O)[nH]1)C1CCC(N)CC1. The van der Waals surface area contributed by atoms with E-state index in [1.54, 1.807) is 24.1 Å². The van der Waals surface area contributed by atoms with E-state index in [0.717, 1.165) is 25.7 Å². The first-order valence-electron chi connectivity index (χ1n) is 6.30. The maximum absolute atomic E-state index is 12.2. The second-order valence-electron chi connectivity index (χ2n) is 4.91. The quantitative estimate of drug-likeness (QED) is 0.810. The van der Waals surface area contributed by atoms with Crippen LogP contribution in [0.25, 0.3) is 0 Å². The molecule has 5 nitrogen and oxygen atoms in total. The average Bonchev–Trinajstić information content (AvgIpc) is 2.38. The predicted molar refractivity (Wildman–Crippen MR) is 69.4 cm³/mol. The highest BCUT2D eigenvalue weighted by molar-refractivity contribution is 5.92. The van der Waals surface area contributed by atoms with Crippen LogP contribution in [0, 0.1) is 0 Å². The van der Waals surface area contributed by atoms with Gasteiger partial charge in [0, 0.05) is 25.2 Å². The fraction of sp³-hybridized carbons (Fsp3) is 0.538. The Morgan fingerprint density at radius 3 is 2.61 bits per heavy atom. The number of aromatic nitrogens is 1. The Labute approximate surface area is 106 Å². The molecular formula is C13H19N3O2. The fourth-order valence-corrected chi connectivity index (χ4v) is 2.42. The number of nitrogens with zero attached hydrogens (tertiary/aromatic N) is 1. The zero-order chi connectivity index (χ0) is 13.1. The first-order valence-corrected chi connectivity index (χ1v) is 6.30. The summed E-state index contributed by atoms with van der Waals surface area (Å²) in [4.78, 5) is 27.7. The van der Waals surface area contributed by atoms with Gasteiger partial charge in [0.25, 0.3) is 5.91 Å². The first kappa shape index (κ1) is 12.8. The Kier molecular flexibility index (Phi) is 3.81. The van der Waals surface area contributed by atoms with Gasteiger partial charge >= 0.3 is 0 Å². The number of hydrogen-bond acceptors (Lipinski definition) is 3. The number of rotatable bonds is 2. The van der Waals surface area contributed by atoms with Crippen molar-refractivity contribution in [2.24, 2.45) is 5.73 Å². The van der Waals surface area contributed by atoms with E-state index in [1.807, 2.05) is 0 Å². The number of hydrogen-bond donors (Lipinski definition) is 2. The summed E-state index contributed by atoms with van der Waals surface area (Å²) in [5.74, 6) is -0.131. The molecule has 0 aliphatic heterocycles. The van der Waals surface area contributed by atoms with Crippen molar-refractivity contribution in [3.05, 3.63) is 34.2 Å². The van der Waals surface area contributed by atoms with Crippen molar-refractivity contribution in [2.75, 3.05) is 7.05 Å². The molecule has 1 amide bonds. The predicted octanol–water partition coefficient (Wildman–Crippen LogP) is 0.717. The zero-order valence-corrected chi connectivity index (χ0v) is 10.6. The van der Waals surface area contributed by atoms with Crippen LogP contribution in [-0.2, 0) is 0 Å². The van der Waals surface area contributed by atoms with Crippen molar-refractivity contribution in [1.29, 1.82) is 0 Å². The fourth-order valence-electron chi connectivity index (χ4n) is 2.42. The molecule has 0 saturated heterocycles. The van der Waals surface area contributed by atoms with Gasteiger partial charge in [-0.3, -0.25) is 9.59 Å². The molecule has 0 atom stereocenters. The molecule has 2 rings (SSSR count). The normalized spacial score (nSPS) is 23.7. The highest BCUT2D eigenvalue weighted by Gasteiger charge is 2.25. The summed E-state index contributed by atoms with van der Waals surface area (Å²) >= 11 is 0. The van der Waals surface area contributed by atoms with E-state index in [-0.39, 0.29) is 23.6 Å². The molecule has 1 heterocycles. The number of nitrogens with one attached hydrogen (secondary N) is 1. The molecule has 18 heavy (non-hydrogen) atoms. The number of H-pyrrole nitrogens is 1. The van der Waals surface area contributed by atoms with Crippen molar-refractivity contribution in [3.8, 4) is 0 Å². The molecular weight excluding hydrogens is 230 g/mol. The first-order chi connectivity index (χ1) is 8.58. The van der Waals surface area contributed by atoms with Crippen LogP contribution in [0.1, 0.15) is 36.2 Å². The molecule has 3 N–H and O–H groups in total. The molecule has 1 aliphatic carbocycles. The molecule has 0 aromatic carbocycles. The summed E-state index contributed by atoms with van der Waals surface area (Å²) in [5.41, 5.74) is 5.95. The zero-order valence-electron chi connectivity index (χ0n) is 10.6. The molecule has 1 aromatic rings. The van der Waals surface area contributed by atoms with Crippen LogP contribution in [0.4, 0.5) is 0 Å². The summed E-state index contributed by atoms with van der Waals surface area (Å²) in [7, 11) is 1.79. The third kappa shape index (κ3) is 2.79. The maximum atomic E-state index is 12.2. The van der Waals surface area contributed by atoms with Gasteiger partial charge in [0.2, 0.25) is 5.56 Å². The Hall–Kier alpha value is -1.62. The second kappa shape index (κ2) is 5.35. The summed E-state index contributed by atoms with van der Waals surface area (Å²) in [5, 5.41) is 0. The van der Waals surface area contributed by atoms with Crippen molar-refractivity contribution in [1.82, 2.24) is 9.88 Å². The van der Waals surface area contributed by atoms with Gasteiger partial charge in [0.15, 0.2) is 0 Å². The molecule has 1 aliphatic rings. The Morgan fingerprint density at radius 1 is 1.33 bits per heavy atom. The second-order valence-corrected chi connectivity index (χ2v) is 4.91. The van der Waals surface area contributed by atoms with E-state index in [1.165, 1.54) is 6.07 Å². The third-order valence-electron chi connectivity index (χ3n) is 3.61. The molecule has 0 bridgehead atoms. The Balaban J connectivity index is 2.07. The molecule has 0 spiro atoms. The lowest BCUT2D eigenvalue weighted by atomic mass is 9.91. The van der Waals surface area contributed by atoms with Crippen LogP contribution >= 0.6 is 0 Å². The summed E-state index contributed by atoms with van der Waals surface area (Å²) in [6, 6.07) is 5.12. The lowest BCUT2D eigenvalue weighted by Crippen LogP contribution is -2.42. The lowest BCUT2D eigenvalue weighted by molar-refractivity contribution is 0.0683. The van der Waals surface area contributed by atoms with Crippen molar-refractivity contribution < 1.29 is 4.79 Å². The van der Waals surface area contributed by atoms with Crippen molar-refractivity contribution in [3.63, 3.8) is 0 Å². The minimum Gasteiger partial charge on any atom is -0.337 e. The standard InChI is InChI=1S/C13H19N3O2/c1-16(10-7-5-9(14)6-8-10)13(18)11-3-2-4-12(17)15-11/h2-4,9-10H,5-8,14H2,1H3,(H,15,17). The number of amides is 1. The maximum Gasteiger partial charge on any atom is 0.270 e. The van der Waals surface area contributed by atoms with Crippen molar-refractivity contribution >= 4 is 5.91 Å². The van der Waals surface area contributed by atoms with Gasteiger partial charge in [-0.05, 0) is 31.7 Å². The number of nitrogens with two attached hydrogens (primary N) is 1. The van der Waals surface area contributed by atoms with Crippen LogP contribution in [0.3, 0.4) is 0 Å². The van der Waals surface area contributed by atoms with E-state index in [0.29, 0.717) is 5.69 Å². The largest absolute Gasteiger partial charge is 0.337 e. The van der Waals surface area contributed by atoms with Crippen LogP contribution in [0.5, 0.6) is 0 Å². The number of aromatic amines is 1. The summed E-state index contributed by atoms with van der Waals surface area (Å²) in [6.45, 7) is 0. The summed E-state index contributed by atoms with van der Waals surface area (Å²) in [6.07, 6.45) is 3.77. The third-order valence-corrected chi connectivity index (χ3v) is 3.61. The summed E-state index contributed by atoms with van der Waals surface area (Å²) < 4.78 is 0. The van der Waals surface area contributed by atoms with Gasteiger partial charge in [0.1, 0.15) is 5.69 Å². The minimum absolute atomic E-state index is 0.131. The molecule has 1 saturated carbocycles. The van der Waals surface area contributed by atoms with Gasteiger partial charge in [-0.25, -0.2) is 0 Å². The van der Waals surface area contributed by atoms with E-state index < -0.39 is 0 Å². The molecule has 1 aromatic heterocycles. The Morgan fingerprint density at radius 2 is 2.00 bits per heavy atom. The van der Waals surface area contributed by atoms with Crippen LogP contribution < -0.4 is 11.3 Å². The van der Waals surface area contributed by atoms with Gasteiger partial charge in [0.05, 0.1) is 0 Å². The topological polar surface area (TPSA) is 79.2 Å². The Bertz CT molecular complexity index is 475. The lowest BCUT2D eigenvalue weighted by Gasteiger charge is -2.33. The molecule has 5 heteroatoms. The minimum atomic E-state index is -0.250. The van der Waals surface area contributed by atoms with Crippen LogP contribution in [0.15, 0.2) is 23.0 Å². The number of pyridine rings is 1. The molecule has 0 radical (unpaired) electrons. The van der Waals surface area contributed by atoms with E-state index in [2.05, 4.69) is 4.98 Å². The molecule has 98 valence electrons. The number of carbonyl (C=O) groups excluding carboxylic acids is 1. The highest BCUT2D eigenvalue weighted by Crippen LogP contribution is 2.21. The number of carbonyl (C=O) groups is 1. The van der Waals surface area contributed by atoms with Gasteiger partial charge in [-0.15, -0.1) is 0 Å². The van der Waals surface area contributed by atoms with Gasteiger partial charge < -0.3 is 15.6 Å². The molecule has 0 unspecified atom stereocenters. The monoisotopic (exact) mass is 249 g/mol. The van der Waals surface area contributed by atoms with Gasteiger partial charge in [-0.2, -0.15) is 0 Å². The van der Waals surface area contributed by atoms with Crippen molar-refractivity contribution in [2.45, 2.75) is 37.8 Å². The average molecular weight is 249 g/mol. The smallest absolute Gasteiger partial charge is 0.270 e. The highest BCUT2D eigenvalue weighted by atomic mass is 16.2.